The van der Waals surface area contributed by atoms with Crippen LogP contribution in [0.1, 0.15) is 13.8 Å². The molecule has 9 heavy (non-hydrogen) atoms. The van der Waals surface area contributed by atoms with E-state index in [0.29, 0.717) is 0 Å². The van der Waals surface area contributed by atoms with Gasteiger partial charge in [0.15, 0.2) is 0 Å². The summed E-state index contributed by atoms with van der Waals surface area (Å²) < 4.78 is 0. The van der Waals surface area contributed by atoms with Gasteiger partial charge in [0, 0.05) is 8.07 Å². The summed E-state index contributed by atoms with van der Waals surface area (Å²) in [5.41, 5.74) is -0.454. The lowest BCUT2D eigenvalue weighted by atomic mass is 10.2. The van der Waals surface area contributed by atoms with E-state index in [1.54, 1.807) is 0 Å². The Morgan fingerprint density at radius 1 is 1.22 bits per heavy atom. The summed E-state index contributed by atoms with van der Waals surface area (Å²) in [6.07, 6.45) is 0. The topological polar surface area (TPSA) is 20.2 Å². The van der Waals surface area contributed by atoms with Gasteiger partial charge in [0.25, 0.3) is 0 Å². The smallest absolute Gasteiger partial charge is 0.0568 e. The van der Waals surface area contributed by atoms with E-state index in [1.807, 2.05) is 13.8 Å². The molecule has 0 bridgehead atoms. The molecule has 0 spiro atoms. The van der Waals surface area contributed by atoms with E-state index >= 15 is 0 Å². The monoisotopic (exact) mass is 146 g/mol. The van der Waals surface area contributed by atoms with Crippen LogP contribution in [0.3, 0.4) is 0 Å². The number of rotatable bonds is 2. The van der Waals surface area contributed by atoms with Crippen LogP contribution >= 0.6 is 0 Å². The third kappa shape index (κ3) is 8.18. The molecule has 0 unspecified atom stereocenters. The van der Waals surface area contributed by atoms with Crippen molar-refractivity contribution >= 4 is 8.07 Å². The molecule has 0 aromatic rings. The average molecular weight is 146 g/mol. The molecule has 0 aromatic heterocycles. The van der Waals surface area contributed by atoms with Crippen LogP contribution in [0.2, 0.25) is 25.7 Å². The summed E-state index contributed by atoms with van der Waals surface area (Å²) in [5.74, 6) is 0. The molecule has 1 nitrogen and oxygen atoms in total. The van der Waals surface area contributed by atoms with Crippen LogP contribution in [0.25, 0.3) is 0 Å². The van der Waals surface area contributed by atoms with E-state index < -0.39 is 13.7 Å². The normalized spacial score (nSPS) is 14.0. The van der Waals surface area contributed by atoms with Crippen molar-refractivity contribution in [2.75, 3.05) is 0 Å². The zero-order chi connectivity index (χ0) is 7.71. The van der Waals surface area contributed by atoms with Crippen molar-refractivity contribution in [1.82, 2.24) is 0 Å². The van der Waals surface area contributed by atoms with Crippen molar-refractivity contribution in [3.8, 4) is 0 Å². The highest BCUT2D eigenvalue weighted by Gasteiger charge is 2.23. The van der Waals surface area contributed by atoms with Gasteiger partial charge in [0.05, 0.1) is 5.60 Å². The van der Waals surface area contributed by atoms with Crippen LogP contribution in [-0.4, -0.2) is 18.8 Å². The molecule has 0 aliphatic rings. The molecule has 0 aliphatic heterocycles. The summed E-state index contributed by atoms with van der Waals surface area (Å²) in [4.78, 5) is 0. The Morgan fingerprint density at radius 2 is 1.56 bits per heavy atom. The predicted molar refractivity (Wildman–Crippen MR) is 44.5 cm³/mol. The lowest BCUT2D eigenvalue weighted by Gasteiger charge is -2.25. The number of hydrogen-bond acceptors (Lipinski definition) is 1. The largest absolute Gasteiger partial charge is 0.391 e. The van der Waals surface area contributed by atoms with Crippen LogP contribution in [0.4, 0.5) is 0 Å². The molecular weight excluding hydrogens is 128 g/mol. The van der Waals surface area contributed by atoms with Gasteiger partial charge in [0.1, 0.15) is 0 Å². The molecule has 0 aliphatic carbocycles. The van der Waals surface area contributed by atoms with Crippen molar-refractivity contribution < 1.29 is 5.11 Å². The summed E-state index contributed by atoms with van der Waals surface area (Å²) in [7, 11) is -1.04. The first-order valence-electron chi connectivity index (χ1n) is 3.43. The minimum atomic E-state index is -1.04. The first kappa shape index (κ1) is 9.18. The average Bonchev–Trinajstić information content (AvgIpc) is 1.14. The quantitative estimate of drug-likeness (QED) is 0.591. The Kier molecular flexibility index (Phi) is 2.47. The standard InChI is InChI=1S/C7H18OSi/c1-7(2,8)6-9(3,4)5/h8H,6H2,1-5H3. The van der Waals surface area contributed by atoms with E-state index in [4.69, 9.17) is 0 Å². The van der Waals surface area contributed by atoms with E-state index in [9.17, 15) is 5.11 Å². The van der Waals surface area contributed by atoms with E-state index in [-0.39, 0.29) is 0 Å². The van der Waals surface area contributed by atoms with Gasteiger partial charge in [-0.2, -0.15) is 0 Å². The molecular formula is C7H18OSi. The maximum absolute atomic E-state index is 9.39. The molecule has 0 saturated heterocycles. The van der Waals surface area contributed by atoms with Gasteiger partial charge >= 0.3 is 0 Å². The molecule has 0 saturated carbocycles. The summed E-state index contributed by atoms with van der Waals surface area (Å²) >= 11 is 0. The molecule has 0 fully saturated rings. The molecule has 2 heteroatoms. The number of aliphatic hydroxyl groups is 1. The molecule has 0 atom stereocenters. The van der Waals surface area contributed by atoms with E-state index in [0.717, 1.165) is 6.04 Å². The summed E-state index contributed by atoms with van der Waals surface area (Å²) in [5, 5.41) is 9.39. The van der Waals surface area contributed by atoms with Gasteiger partial charge in [-0.1, -0.05) is 19.6 Å². The fraction of sp³-hybridized carbons (Fsp3) is 1.00. The molecule has 0 radical (unpaired) electrons. The Labute approximate surface area is 59.1 Å². The van der Waals surface area contributed by atoms with Crippen LogP contribution in [-0.2, 0) is 0 Å². The van der Waals surface area contributed by atoms with Crippen molar-refractivity contribution in [2.45, 2.75) is 45.1 Å². The van der Waals surface area contributed by atoms with Gasteiger partial charge in [-0.25, -0.2) is 0 Å². The number of hydrogen-bond donors (Lipinski definition) is 1. The molecule has 56 valence electrons. The molecule has 0 rings (SSSR count). The molecule has 0 heterocycles. The fourth-order valence-electron chi connectivity index (χ4n) is 1.30. The highest BCUT2D eigenvalue weighted by Crippen LogP contribution is 2.19. The molecule has 0 amide bonds. The van der Waals surface area contributed by atoms with E-state index in [1.165, 1.54) is 0 Å². The molecule has 0 aromatic carbocycles. The van der Waals surface area contributed by atoms with Gasteiger partial charge in [-0.05, 0) is 19.9 Å². The second-order valence-electron chi connectivity index (χ2n) is 4.55. The van der Waals surface area contributed by atoms with Crippen LogP contribution in [0.5, 0.6) is 0 Å². The van der Waals surface area contributed by atoms with Gasteiger partial charge < -0.3 is 5.11 Å². The van der Waals surface area contributed by atoms with Crippen LogP contribution in [0.15, 0.2) is 0 Å². The van der Waals surface area contributed by atoms with Crippen molar-refractivity contribution in [2.24, 2.45) is 0 Å². The zero-order valence-corrected chi connectivity index (χ0v) is 8.15. The van der Waals surface area contributed by atoms with Crippen molar-refractivity contribution in [3.63, 3.8) is 0 Å². The zero-order valence-electron chi connectivity index (χ0n) is 7.15. The van der Waals surface area contributed by atoms with Crippen LogP contribution < -0.4 is 0 Å². The lowest BCUT2D eigenvalue weighted by Crippen LogP contribution is -2.32. The first-order valence-corrected chi connectivity index (χ1v) is 7.14. The lowest BCUT2D eigenvalue weighted by molar-refractivity contribution is 0.1000. The predicted octanol–water partition coefficient (Wildman–Crippen LogP) is 2.10. The van der Waals surface area contributed by atoms with Gasteiger partial charge in [-0.3, -0.25) is 0 Å². The Hall–Kier alpha value is 0.177. The first-order chi connectivity index (χ1) is 3.71. The molecule has 1 N–H and O–H groups in total. The maximum Gasteiger partial charge on any atom is 0.0568 e. The highest BCUT2D eigenvalue weighted by atomic mass is 28.3. The Balaban J connectivity index is 3.75. The second kappa shape index (κ2) is 2.43. The maximum atomic E-state index is 9.39. The minimum absolute atomic E-state index is 0.454. The Bertz CT molecular complexity index is 74.1. The second-order valence-corrected chi connectivity index (χ2v) is 10.0. The minimum Gasteiger partial charge on any atom is -0.391 e. The van der Waals surface area contributed by atoms with E-state index in [2.05, 4.69) is 19.6 Å². The SMILES string of the molecule is CC(C)(O)C[Si](C)(C)C. The summed E-state index contributed by atoms with van der Waals surface area (Å²) in [6, 6.07) is 0.986. The summed E-state index contributed by atoms with van der Waals surface area (Å²) in [6.45, 7) is 10.6. The fourth-order valence-corrected chi connectivity index (χ4v) is 3.89. The van der Waals surface area contributed by atoms with Gasteiger partial charge in [0.2, 0.25) is 0 Å². The Morgan fingerprint density at radius 3 is 1.56 bits per heavy atom. The van der Waals surface area contributed by atoms with Crippen molar-refractivity contribution in [3.05, 3.63) is 0 Å². The third-order valence-electron chi connectivity index (χ3n) is 0.963. The van der Waals surface area contributed by atoms with Crippen LogP contribution in [0, 0.1) is 0 Å². The third-order valence-corrected chi connectivity index (χ3v) is 2.89. The van der Waals surface area contributed by atoms with Gasteiger partial charge in [-0.15, -0.1) is 0 Å². The van der Waals surface area contributed by atoms with Crippen molar-refractivity contribution in [1.29, 1.82) is 0 Å². The highest BCUT2D eigenvalue weighted by molar-refractivity contribution is 6.76.